The molecule has 0 spiro atoms. The quantitative estimate of drug-likeness (QED) is 0.827. The number of rotatable bonds is 2. The van der Waals surface area contributed by atoms with Crippen LogP contribution in [0.3, 0.4) is 0 Å². The van der Waals surface area contributed by atoms with Crippen LogP contribution in [-0.2, 0) is 14.8 Å². The van der Waals surface area contributed by atoms with Gasteiger partial charge in [-0.05, 0) is 43.2 Å². The third-order valence-electron chi connectivity index (χ3n) is 5.53. The molecule has 3 aliphatic rings. The fourth-order valence-electron chi connectivity index (χ4n) is 4.50. The van der Waals surface area contributed by atoms with E-state index in [4.69, 9.17) is 0 Å². The minimum absolute atomic E-state index is 0.237. The van der Waals surface area contributed by atoms with Crippen LogP contribution in [0, 0.1) is 11.8 Å². The van der Waals surface area contributed by atoms with Gasteiger partial charge < -0.3 is 4.90 Å². The number of hydrogen-bond acceptors (Lipinski definition) is 3. The first-order chi connectivity index (χ1) is 11.1. The molecule has 4 rings (SSSR count). The number of sulfonamides is 1. The Balaban J connectivity index is 1.60. The molecule has 124 valence electrons. The highest BCUT2D eigenvalue weighted by molar-refractivity contribution is 7.89. The standard InChI is InChI=1S/C17H22N2O3S/c20-17-8-4-7-16-14-9-13(11-19(16)17)10-18(12-14)23(21,22)15-5-2-1-3-6-15/h1-3,5-6,13-14,16H,4,7-12H2. The molecule has 0 aromatic heterocycles. The summed E-state index contributed by atoms with van der Waals surface area (Å²) in [6.45, 7) is 1.80. The fourth-order valence-corrected chi connectivity index (χ4v) is 6.10. The molecule has 23 heavy (non-hydrogen) atoms. The normalized spacial score (nSPS) is 31.7. The van der Waals surface area contributed by atoms with Crippen LogP contribution < -0.4 is 0 Å². The minimum atomic E-state index is -3.43. The van der Waals surface area contributed by atoms with E-state index in [0.717, 1.165) is 25.8 Å². The van der Waals surface area contributed by atoms with Crippen molar-refractivity contribution >= 4 is 15.9 Å². The van der Waals surface area contributed by atoms with Gasteiger partial charge in [0.15, 0.2) is 0 Å². The van der Waals surface area contributed by atoms with Gasteiger partial charge in [-0.15, -0.1) is 0 Å². The summed E-state index contributed by atoms with van der Waals surface area (Å²) in [5.41, 5.74) is 0. The number of benzene rings is 1. The fraction of sp³-hybridized carbons (Fsp3) is 0.588. The predicted octanol–water partition coefficient (Wildman–Crippen LogP) is 1.71. The highest BCUT2D eigenvalue weighted by Gasteiger charge is 2.46. The van der Waals surface area contributed by atoms with Gasteiger partial charge in [-0.2, -0.15) is 4.31 Å². The number of carbonyl (C=O) groups is 1. The highest BCUT2D eigenvalue weighted by atomic mass is 32.2. The summed E-state index contributed by atoms with van der Waals surface area (Å²) in [6, 6.07) is 8.92. The van der Waals surface area contributed by atoms with Gasteiger partial charge in [-0.1, -0.05) is 18.2 Å². The van der Waals surface area contributed by atoms with Crippen LogP contribution in [0.4, 0.5) is 0 Å². The van der Waals surface area contributed by atoms with Crippen LogP contribution in [0.5, 0.6) is 0 Å². The van der Waals surface area contributed by atoms with E-state index in [1.165, 1.54) is 0 Å². The molecule has 3 heterocycles. The summed E-state index contributed by atoms with van der Waals surface area (Å²) >= 11 is 0. The van der Waals surface area contributed by atoms with E-state index < -0.39 is 10.0 Å². The van der Waals surface area contributed by atoms with Crippen LogP contribution >= 0.6 is 0 Å². The van der Waals surface area contributed by atoms with Gasteiger partial charge in [0.05, 0.1) is 4.90 Å². The molecule has 6 heteroatoms. The average Bonchev–Trinajstić information content (AvgIpc) is 2.56. The van der Waals surface area contributed by atoms with E-state index in [2.05, 4.69) is 0 Å². The van der Waals surface area contributed by atoms with Crippen LogP contribution in [0.25, 0.3) is 0 Å². The zero-order valence-electron chi connectivity index (χ0n) is 13.1. The summed E-state index contributed by atoms with van der Waals surface area (Å²) < 4.78 is 27.4. The van der Waals surface area contributed by atoms with Gasteiger partial charge >= 0.3 is 0 Å². The molecule has 3 saturated heterocycles. The molecule has 2 bridgehead atoms. The van der Waals surface area contributed by atoms with E-state index in [1.807, 2.05) is 11.0 Å². The Hall–Kier alpha value is -1.40. The van der Waals surface area contributed by atoms with Crippen molar-refractivity contribution in [2.45, 2.75) is 36.6 Å². The molecule has 0 N–H and O–H groups in total. The van der Waals surface area contributed by atoms with Gasteiger partial charge in [0.1, 0.15) is 0 Å². The molecular weight excluding hydrogens is 312 g/mol. The van der Waals surface area contributed by atoms with Crippen molar-refractivity contribution in [1.82, 2.24) is 9.21 Å². The Morgan fingerprint density at radius 3 is 2.61 bits per heavy atom. The molecule has 1 amide bonds. The highest BCUT2D eigenvalue weighted by Crippen LogP contribution is 2.39. The van der Waals surface area contributed by atoms with E-state index >= 15 is 0 Å². The topological polar surface area (TPSA) is 57.7 Å². The Morgan fingerprint density at radius 1 is 1.04 bits per heavy atom. The first kappa shape index (κ1) is 15.1. The first-order valence-corrected chi connectivity index (χ1v) is 9.84. The molecule has 3 atom stereocenters. The van der Waals surface area contributed by atoms with Crippen LogP contribution in [0.2, 0.25) is 0 Å². The van der Waals surface area contributed by atoms with Crippen molar-refractivity contribution in [3.05, 3.63) is 30.3 Å². The van der Waals surface area contributed by atoms with Crippen LogP contribution in [0.15, 0.2) is 35.2 Å². The Morgan fingerprint density at radius 2 is 1.83 bits per heavy atom. The second kappa shape index (κ2) is 5.60. The minimum Gasteiger partial charge on any atom is -0.339 e. The first-order valence-electron chi connectivity index (χ1n) is 8.40. The van der Waals surface area contributed by atoms with E-state index in [9.17, 15) is 13.2 Å². The zero-order valence-corrected chi connectivity index (χ0v) is 13.9. The largest absolute Gasteiger partial charge is 0.339 e. The Labute approximate surface area is 137 Å². The molecule has 3 fully saturated rings. The lowest BCUT2D eigenvalue weighted by atomic mass is 9.76. The van der Waals surface area contributed by atoms with Crippen LogP contribution in [-0.4, -0.2) is 49.2 Å². The third-order valence-corrected chi connectivity index (χ3v) is 7.37. The molecule has 1 aromatic rings. The van der Waals surface area contributed by atoms with Gasteiger partial charge in [-0.3, -0.25) is 4.79 Å². The van der Waals surface area contributed by atoms with Gasteiger partial charge in [0.25, 0.3) is 0 Å². The summed E-state index contributed by atoms with van der Waals surface area (Å²) in [6.07, 6.45) is 3.66. The number of piperidine rings is 3. The summed E-state index contributed by atoms with van der Waals surface area (Å²) in [7, 11) is -3.43. The number of nitrogens with zero attached hydrogens (tertiary/aromatic N) is 2. The number of hydrogen-bond donors (Lipinski definition) is 0. The van der Waals surface area contributed by atoms with Crippen molar-refractivity contribution in [2.24, 2.45) is 11.8 Å². The number of amides is 1. The number of fused-ring (bicyclic) bond motifs is 4. The molecule has 1 aromatic carbocycles. The van der Waals surface area contributed by atoms with Gasteiger partial charge in [0, 0.05) is 32.1 Å². The molecule has 3 unspecified atom stereocenters. The number of carbonyl (C=O) groups excluding carboxylic acids is 1. The smallest absolute Gasteiger partial charge is 0.243 e. The maximum absolute atomic E-state index is 12.9. The third kappa shape index (κ3) is 2.58. The van der Waals surface area contributed by atoms with Gasteiger partial charge in [0.2, 0.25) is 15.9 Å². The van der Waals surface area contributed by atoms with E-state index in [0.29, 0.717) is 24.4 Å². The van der Waals surface area contributed by atoms with Crippen molar-refractivity contribution < 1.29 is 13.2 Å². The lowest BCUT2D eigenvalue weighted by molar-refractivity contribution is -0.143. The molecular formula is C17H22N2O3S. The SMILES string of the molecule is O=C1CCCC2C3CC(CN12)CN(S(=O)(=O)c1ccccc1)C3. The van der Waals surface area contributed by atoms with Crippen molar-refractivity contribution in [1.29, 1.82) is 0 Å². The lowest BCUT2D eigenvalue weighted by Crippen LogP contribution is -2.61. The Kier molecular flexibility index (Phi) is 3.69. The Bertz CT molecular complexity index is 704. The monoisotopic (exact) mass is 334 g/mol. The molecule has 0 saturated carbocycles. The summed E-state index contributed by atoms with van der Waals surface area (Å²) in [5.74, 6) is 0.811. The molecule has 0 aliphatic carbocycles. The van der Waals surface area contributed by atoms with Crippen LogP contribution in [0.1, 0.15) is 25.7 Å². The zero-order chi connectivity index (χ0) is 16.0. The van der Waals surface area contributed by atoms with Crippen molar-refractivity contribution in [3.63, 3.8) is 0 Å². The second-order valence-corrected chi connectivity index (χ2v) is 8.94. The van der Waals surface area contributed by atoms with E-state index in [1.54, 1.807) is 28.6 Å². The van der Waals surface area contributed by atoms with Crippen molar-refractivity contribution in [3.8, 4) is 0 Å². The predicted molar refractivity (Wildman–Crippen MR) is 86.1 cm³/mol. The maximum Gasteiger partial charge on any atom is 0.243 e. The summed E-state index contributed by atoms with van der Waals surface area (Å²) in [4.78, 5) is 14.6. The molecule has 3 aliphatic heterocycles. The lowest BCUT2D eigenvalue weighted by Gasteiger charge is -2.52. The maximum atomic E-state index is 12.9. The molecule has 0 radical (unpaired) electrons. The summed E-state index contributed by atoms with van der Waals surface area (Å²) in [5, 5.41) is 0. The van der Waals surface area contributed by atoms with Gasteiger partial charge in [-0.25, -0.2) is 8.42 Å². The van der Waals surface area contributed by atoms with E-state index in [-0.39, 0.29) is 23.8 Å². The molecule has 5 nitrogen and oxygen atoms in total. The van der Waals surface area contributed by atoms with Crippen molar-refractivity contribution in [2.75, 3.05) is 19.6 Å². The average molecular weight is 334 g/mol. The second-order valence-electron chi connectivity index (χ2n) is 7.00.